The highest BCUT2D eigenvalue weighted by molar-refractivity contribution is 5.03. The van der Waals surface area contributed by atoms with Crippen molar-refractivity contribution in [3.05, 3.63) is 0 Å². The number of hydroxylamine groups is 2. The van der Waals surface area contributed by atoms with Gasteiger partial charge in [0.15, 0.2) is 0 Å². The zero-order valence-electron chi connectivity index (χ0n) is 10.1. The second kappa shape index (κ2) is 4.61. The summed E-state index contributed by atoms with van der Waals surface area (Å²) in [6, 6.07) is 3.83. The molecule has 84 valence electrons. The highest BCUT2D eigenvalue weighted by Crippen LogP contribution is 2.28. The Labute approximate surface area is 91.7 Å². The van der Waals surface area contributed by atoms with Crippen molar-refractivity contribution in [2.45, 2.75) is 52.1 Å². The van der Waals surface area contributed by atoms with Crippen molar-refractivity contribution in [3.8, 4) is 12.1 Å². The minimum Gasteiger partial charge on any atom is -0.313 e. The molecule has 0 radical (unpaired) electrons. The standard InChI is InChI=1S/C11H19N3O/c1-10(2,3)14(15)11(4,5)6-9(7-12)8-13/h9,15H,6H2,1-5H3. The predicted molar refractivity (Wildman–Crippen MR) is 56.8 cm³/mol. The van der Waals surface area contributed by atoms with E-state index in [0.29, 0.717) is 6.42 Å². The minimum absolute atomic E-state index is 0.327. The van der Waals surface area contributed by atoms with Crippen LogP contribution in [0.5, 0.6) is 0 Å². The molecule has 15 heavy (non-hydrogen) atoms. The Morgan fingerprint density at radius 1 is 1.13 bits per heavy atom. The van der Waals surface area contributed by atoms with Gasteiger partial charge in [-0.25, -0.2) is 0 Å². The second-order valence-electron chi connectivity index (χ2n) is 5.31. The van der Waals surface area contributed by atoms with Crippen LogP contribution in [0.2, 0.25) is 0 Å². The number of hydrogen-bond donors (Lipinski definition) is 1. The summed E-state index contributed by atoms with van der Waals surface area (Å²) < 4.78 is 0. The van der Waals surface area contributed by atoms with E-state index in [2.05, 4.69) is 0 Å². The third-order valence-electron chi connectivity index (χ3n) is 2.22. The normalized spacial score (nSPS) is 12.7. The van der Waals surface area contributed by atoms with Gasteiger partial charge in [0.2, 0.25) is 0 Å². The molecule has 4 nitrogen and oxygen atoms in total. The Kier molecular flexibility index (Phi) is 4.27. The molecule has 0 aliphatic rings. The smallest absolute Gasteiger partial charge is 0.135 e. The molecular formula is C11H19N3O. The number of nitrogens with zero attached hydrogens (tertiary/aromatic N) is 3. The first-order valence-electron chi connectivity index (χ1n) is 4.93. The van der Waals surface area contributed by atoms with Gasteiger partial charge in [-0.3, -0.25) is 0 Å². The van der Waals surface area contributed by atoms with E-state index in [1.54, 1.807) is 0 Å². The lowest BCUT2D eigenvalue weighted by molar-refractivity contribution is -0.220. The summed E-state index contributed by atoms with van der Waals surface area (Å²) in [7, 11) is 0. The zero-order valence-corrected chi connectivity index (χ0v) is 10.1. The second-order valence-corrected chi connectivity index (χ2v) is 5.31. The van der Waals surface area contributed by atoms with Crippen LogP contribution in [0.1, 0.15) is 41.0 Å². The van der Waals surface area contributed by atoms with Crippen molar-refractivity contribution in [2.24, 2.45) is 5.92 Å². The first-order chi connectivity index (χ1) is 6.65. The summed E-state index contributed by atoms with van der Waals surface area (Å²) in [5, 5.41) is 28.6. The molecule has 0 aromatic rings. The van der Waals surface area contributed by atoms with Gasteiger partial charge in [-0.05, 0) is 41.0 Å². The van der Waals surface area contributed by atoms with Crippen LogP contribution in [0.3, 0.4) is 0 Å². The van der Waals surface area contributed by atoms with E-state index >= 15 is 0 Å². The summed E-state index contributed by atoms with van der Waals surface area (Å²) in [5.41, 5.74) is -0.993. The van der Waals surface area contributed by atoms with Crippen molar-refractivity contribution in [1.82, 2.24) is 5.06 Å². The van der Waals surface area contributed by atoms with E-state index in [9.17, 15) is 5.21 Å². The molecule has 0 heterocycles. The highest BCUT2D eigenvalue weighted by Gasteiger charge is 2.35. The van der Waals surface area contributed by atoms with Gasteiger partial charge in [-0.2, -0.15) is 15.6 Å². The predicted octanol–water partition coefficient (Wildman–Crippen LogP) is 2.31. The molecule has 0 bridgehead atoms. The summed E-state index contributed by atoms with van der Waals surface area (Å²) in [6.45, 7) is 9.27. The highest BCUT2D eigenvalue weighted by atomic mass is 16.5. The molecule has 0 saturated carbocycles. The van der Waals surface area contributed by atoms with Gasteiger partial charge in [0.05, 0.1) is 12.1 Å². The van der Waals surface area contributed by atoms with Crippen molar-refractivity contribution in [1.29, 1.82) is 10.5 Å². The lowest BCUT2D eigenvalue weighted by atomic mass is 9.89. The fourth-order valence-electron chi connectivity index (χ4n) is 1.61. The van der Waals surface area contributed by atoms with Crippen LogP contribution in [0.25, 0.3) is 0 Å². The molecule has 0 amide bonds. The topological polar surface area (TPSA) is 71.0 Å². The Hall–Kier alpha value is -1.10. The molecule has 4 heteroatoms. The molecule has 0 spiro atoms. The summed E-state index contributed by atoms with van der Waals surface area (Å²) in [6.07, 6.45) is 0.327. The molecule has 0 aromatic heterocycles. The molecule has 0 aliphatic heterocycles. The van der Waals surface area contributed by atoms with Crippen LogP contribution in [-0.4, -0.2) is 21.3 Å². The Bertz CT molecular complexity index is 276. The van der Waals surface area contributed by atoms with E-state index in [4.69, 9.17) is 10.5 Å². The molecule has 0 atom stereocenters. The number of rotatable bonds is 3. The molecule has 0 saturated heterocycles. The Balaban J connectivity index is 4.71. The molecule has 0 unspecified atom stereocenters. The van der Waals surface area contributed by atoms with Crippen molar-refractivity contribution >= 4 is 0 Å². The van der Waals surface area contributed by atoms with Gasteiger partial charge < -0.3 is 5.21 Å². The maximum absolute atomic E-state index is 9.97. The fraction of sp³-hybridized carbons (Fsp3) is 0.818. The Morgan fingerprint density at radius 3 is 1.80 bits per heavy atom. The molecule has 0 aromatic carbocycles. The molecule has 1 N–H and O–H groups in total. The zero-order chi connectivity index (χ0) is 12.3. The van der Waals surface area contributed by atoms with Crippen molar-refractivity contribution < 1.29 is 5.21 Å². The van der Waals surface area contributed by atoms with Gasteiger partial charge in [0.1, 0.15) is 5.92 Å². The van der Waals surface area contributed by atoms with Gasteiger partial charge in [0.25, 0.3) is 0 Å². The lowest BCUT2D eigenvalue weighted by Crippen LogP contribution is -2.52. The first-order valence-corrected chi connectivity index (χ1v) is 4.93. The maximum Gasteiger partial charge on any atom is 0.135 e. The summed E-state index contributed by atoms with van der Waals surface area (Å²) in [4.78, 5) is 0. The van der Waals surface area contributed by atoms with Crippen molar-refractivity contribution in [3.63, 3.8) is 0 Å². The molecule has 0 aliphatic carbocycles. The van der Waals surface area contributed by atoms with Crippen molar-refractivity contribution in [2.75, 3.05) is 0 Å². The quantitative estimate of drug-likeness (QED) is 0.724. The van der Waals surface area contributed by atoms with E-state index in [0.717, 1.165) is 0 Å². The monoisotopic (exact) mass is 209 g/mol. The first kappa shape index (κ1) is 13.9. The van der Waals surface area contributed by atoms with E-state index in [-0.39, 0.29) is 0 Å². The van der Waals surface area contributed by atoms with Crippen LogP contribution >= 0.6 is 0 Å². The van der Waals surface area contributed by atoms with Gasteiger partial charge in [-0.1, -0.05) is 0 Å². The largest absolute Gasteiger partial charge is 0.313 e. The lowest BCUT2D eigenvalue weighted by Gasteiger charge is -2.42. The van der Waals surface area contributed by atoms with E-state index in [1.165, 1.54) is 5.06 Å². The third-order valence-corrected chi connectivity index (χ3v) is 2.22. The average molecular weight is 209 g/mol. The maximum atomic E-state index is 9.97. The SMILES string of the molecule is CC(C)(C)N(O)C(C)(C)CC(C#N)C#N. The van der Waals surface area contributed by atoms with Gasteiger partial charge in [0, 0.05) is 11.1 Å². The van der Waals surface area contributed by atoms with E-state index < -0.39 is 17.0 Å². The molecule has 0 rings (SSSR count). The van der Waals surface area contributed by atoms with E-state index in [1.807, 2.05) is 46.8 Å². The molecular weight excluding hydrogens is 190 g/mol. The van der Waals surface area contributed by atoms with Gasteiger partial charge >= 0.3 is 0 Å². The average Bonchev–Trinajstić information content (AvgIpc) is 2.11. The number of nitriles is 2. The minimum atomic E-state index is -0.683. The number of hydrogen-bond acceptors (Lipinski definition) is 4. The van der Waals surface area contributed by atoms with Gasteiger partial charge in [-0.15, -0.1) is 0 Å². The van der Waals surface area contributed by atoms with Crippen LogP contribution < -0.4 is 0 Å². The third kappa shape index (κ3) is 3.87. The van der Waals surface area contributed by atoms with Crippen LogP contribution in [-0.2, 0) is 0 Å². The fourth-order valence-corrected chi connectivity index (χ4v) is 1.61. The molecule has 0 fully saturated rings. The summed E-state index contributed by atoms with van der Waals surface area (Å²) in [5.74, 6) is -0.683. The van der Waals surface area contributed by atoms with Crippen LogP contribution in [0, 0.1) is 28.6 Å². The van der Waals surface area contributed by atoms with Crippen LogP contribution in [0.4, 0.5) is 0 Å². The summed E-state index contributed by atoms with van der Waals surface area (Å²) >= 11 is 0. The van der Waals surface area contributed by atoms with Crippen LogP contribution in [0.15, 0.2) is 0 Å². The Morgan fingerprint density at radius 2 is 1.53 bits per heavy atom.